The highest BCUT2D eigenvalue weighted by Crippen LogP contribution is 2.33. The second-order valence-corrected chi connectivity index (χ2v) is 9.93. The fraction of sp³-hybridized carbons (Fsp3) is 0.188. The van der Waals surface area contributed by atoms with Crippen LogP contribution in [0.3, 0.4) is 0 Å². The zero-order valence-electron chi connectivity index (χ0n) is 23.0. The lowest BCUT2D eigenvalue weighted by molar-refractivity contribution is 0.1000. The van der Waals surface area contributed by atoms with Crippen molar-refractivity contribution in [3.05, 3.63) is 119 Å². The van der Waals surface area contributed by atoms with Crippen LogP contribution in [0.25, 0.3) is 0 Å². The number of primary amides is 1. The van der Waals surface area contributed by atoms with Gasteiger partial charge in [-0.25, -0.2) is 13.6 Å². The predicted octanol–water partition coefficient (Wildman–Crippen LogP) is 5.63. The van der Waals surface area contributed by atoms with Gasteiger partial charge in [0.1, 0.15) is 17.4 Å². The quantitative estimate of drug-likeness (QED) is 0.255. The molecule has 0 bridgehead atoms. The van der Waals surface area contributed by atoms with Gasteiger partial charge in [-0.05, 0) is 77.9 Å². The minimum atomic E-state index is -0.605. The van der Waals surface area contributed by atoms with Gasteiger partial charge in [0.25, 0.3) is 0 Å². The number of methoxy groups -OCH3 is 1. The third-order valence-corrected chi connectivity index (χ3v) is 7.27. The highest BCUT2D eigenvalue weighted by molar-refractivity contribution is 6.03. The number of urea groups is 1. The second kappa shape index (κ2) is 12.7. The summed E-state index contributed by atoms with van der Waals surface area (Å²) < 4.78 is 32.6. The number of piperazine rings is 1. The van der Waals surface area contributed by atoms with E-state index in [1.165, 1.54) is 24.3 Å². The Balaban J connectivity index is 1.35. The number of nitrogens with one attached hydrogen (secondary N) is 2. The summed E-state index contributed by atoms with van der Waals surface area (Å²) in [5, 5.41) is 5.65. The second-order valence-electron chi connectivity index (χ2n) is 9.93. The number of ether oxygens (including phenoxy) is 1. The standard InChI is InChI=1S/C32H31F2N5O3/c1-42-27-13-11-26(12-14-27)36-32(41)37-28-20-23(31(35)40)6-15-29(28)38-16-18-39(19-17-38)30(21-2-7-24(33)8-3-21)22-4-9-25(34)10-5-22/h2-15,20,30H,16-19H2,1H3,(H2,35,40)(H2,36,37,41). The van der Waals surface area contributed by atoms with E-state index in [1.54, 1.807) is 73.8 Å². The van der Waals surface area contributed by atoms with Gasteiger partial charge in [0, 0.05) is 37.4 Å². The number of amides is 3. The van der Waals surface area contributed by atoms with Crippen LogP contribution in [0, 0.1) is 11.6 Å². The van der Waals surface area contributed by atoms with Crippen LogP contribution < -0.4 is 26.0 Å². The zero-order valence-corrected chi connectivity index (χ0v) is 23.0. The van der Waals surface area contributed by atoms with Gasteiger partial charge in [0.05, 0.1) is 24.5 Å². The molecule has 5 rings (SSSR count). The molecule has 3 amide bonds. The van der Waals surface area contributed by atoms with Gasteiger partial charge in [-0.15, -0.1) is 0 Å². The van der Waals surface area contributed by atoms with Gasteiger partial charge in [-0.2, -0.15) is 0 Å². The van der Waals surface area contributed by atoms with E-state index in [2.05, 4.69) is 20.4 Å². The maximum Gasteiger partial charge on any atom is 0.323 e. The minimum Gasteiger partial charge on any atom is -0.497 e. The van der Waals surface area contributed by atoms with Crippen molar-refractivity contribution in [1.82, 2.24) is 4.90 Å². The number of rotatable bonds is 8. The molecule has 0 aliphatic carbocycles. The Kier molecular flexibility index (Phi) is 8.63. The third kappa shape index (κ3) is 6.67. The van der Waals surface area contributed by atoms with Crippen LogP contribution in [0.15, 0.2) is 91.0 Å². The van der Waals surface area contributed by atoms with Crippen molar-refractivity contribution in [2.75, 3.05) is 48.8 Å². The molecular weight excluding hydrogens is 540 g/mol. The summed E-state index contributed by atoms with van der Waals surface area (Å²) in [6, 6.07) is 23.9. The predicted molar refractivity (Wildman–Crippen MR) is 159 cm³/mol. The molecule has 1 fully saturated rings. The largest absolute Gasteiger partial charge is 0.497 e. The number of carbonyl (C=O) groups is 2. The molecule has 42 heavy (non-hydrogen) atoms. The first kappa shape index (κ1) is 28.6. The van der Waals surface area contributed by atoms with Crippen LogP contribution in [-0.4, -0.2) is 50.1 Å². The molecule has 0 spiro atoms. The van der Waals surface area contributed by atoms with Crippen molar-refractivity contribution in [3.63, 3.8) is 0 Å². The number of halogens is 2. The van der Waals surface area contributed by atoms with Crippen molar-refractivity contribution < 1.29 is 23.1 Å². The summed E-state index contributed by atoms with van der Waals surface area (Å²) in [5.41, 5.74) is 9.36. The van der Waals surface area contributed by atoms with E-state index in [4.69, 9.17) is 10.5 Å². The first-order chi connectivity index (χ1) is 20.3. The number of benzene rings is 4. The smallest absolute Gasteiger partial charge is 0.323 e. The fourth-order valence-corrected chi connectivity index (χ4v) is 5.15. The van der Waals surface area contributed by atoms with Crippen molar-refractivity contribution in [2.24, 2.45) is 5.73 Å². The Labute approximate surface area is 242 Å². The maximum absolute atomic E-state index is 13.7. The lowest BCUT2D eigenvalue weighted by atomic mass is 9.96. The first-order valence-electron chi connectivity index (χ1n) is 13.5. The van der Waals surface area contributed by atoms with Crippen LogP contribution >= 0.6 is 0 Å². The molecule has 0 radical (unpaired) electrons. The van der Waals surface area contributed by atoms with Gasteiger partial charge in [0.2, 0.25) is 5.91 Å². The molecule has 10 heteroatoms. The van der Waals surface area contributed by atoms with Crippen molar-refractivity contribution in [1.29, 1.82) is 0 Å². The summed E-state index contributed by atoms with van der Waals surface area (Å²) in [5.74, 6) is -0.585. The Morgan fingerprint density at radius 2 is 1.36 bits per heavy atom. The van der Waals surface area contributed by atoms with E-state index in [9.17, 15) is 18.4 Å². The average Bonchev–Trinajstić information content (AvgIpc) is 3.00. The topological polar surface area (TPSA) is 99.9 Å². The normalized spacial score (nSPS) is 13.6. The van der Waals surface area contributed by atoms with E-state index < -0.39 is 11.9 Å². The Bertz CT molecular complexity index is 1490. The number of anilines is 3. The Morgan fingerprint density at radius 1 is 0.786 bits per heavy atom. The summed E-state index contributed by atoms with van der Waals surface area (Å²) in [4.78, 5) is 29.2. The summed E-state index contributed by atoms with van der Waals surface area (Å²) in [6.45, 7) is 2.47. The molecule has 0 saturated carbocycles. The molecule has 1 saturated heterocycles. The van der Waals surface area contributed by atoms with Gasteiger partial charge in [-0.1, -0.05) is 24.3 Å². The van der Waals surface area contributed by atoms with E-state index >= 15 is 0 Å². The monoisotopic (exact) mass is 571 g/mol. The number of carbonyl (C=O) groups excluding carboxylic acids is 2. The molecule has 4 aromatic rings. The van der Waals surface area contributed by atoms with Crippen LogP contribution in [-0.2, 0) is 0 Å². The van der Waals surface area contributed by atoms with Crippen LogP contribution in [0.2, 0.25) is 0 Å². The highest BCUT2D eigenvalue weighted by atomic mass is 19.1. The SMILES string of the molecule is COc1ccc(NC(=O)Nc2cc(C(N)=O)ccc2N2CCN(C(c3ccc(F)cc3)c3ccc(F)cc3)CC2)cc1. The van der Waals surface area contributed by atoms with E-state index in [0.29, 0.717) is 43.3 Å². The Morgan fingerprint density at radius 3 is 1.88 bits per heavy atom. The minimum absolute atomic E-state index is 0.196. The lowest BCUT2D eigenvalue weighted by Crippen LogP contribution is -2.48. The molecule has 1 aliphatic heterocycles. The molecule has 4 N–H and O–H groups in total. The first-order valence-corrected chi connectivity index (χ1v) is 13.5. The molecule has 1 aliphatic rings. The van der Waals surface area contributed by atoms with E-state index in [0.717, 1.165) is 16.8 Å². The van der Waals surface area contributed by atoms with Gasteiger partial charge in [-0.3, -0.25) is 9.69 Å². The molecule has 4 aromatic carbocycles. The van der Waals surface area contributed by atoms with Gasteiger partial charge in [0.15, 0.2) is 0 Å². The number of hydrogen-bond donors (Lipinski definition) is 3. The number of nitrogens with two attached hydrogens (primary N) is 1. The number of hydrogen-bond acceptors (Lipinski definition) is 5. The molecule has 0 aromatic heterocycles. The van der Waals surface area contributed by atoms with Crippen LogP contribution in [0.4, 0.5) is 30.6 Å². The molecule has 0 unspecified atom stereocenters. The molecule has 216 valence electrons. The lowest BCUT2D eigenvalue weighted by Gasteiger charge is -2.41. The summed E-state index contributed by atoms with van der Waals surface area (Å²) >= 11 is 0. The number of nitrogens with zero attached hydrogens (tertiary/aromatic N) is 2. The summed E-state index contributed by atoms with van der Waals surface area (Å²) in [6.07, 6.45) is 0. The van der Waals surface area contributed by atoms with Crippen molar-refractivity contribution in [3.8, 4) is 5.75 Å². The summed E-state index contributed by atoms with van der Waals surface area (Å²) in [7, 11) is 1.56. The average molecular weight is 572 g/mol. The zero-order chi connectivity index (χ0) is 29.6. The fourth-order valence-electron chi connectivity index (χ4n) is 5.15. The third-order valence-electron chi connectivity index (χ3n) is 7.27. The van der Waals surface area contributed by atoms with E-state index in [-0.39, 0.29) is 23.2 Å². The van der Waals surface area contributed by atoms with Gasteiger partial charge < -0.3 is 26.0 Å². The molecule has 8 nitrogen and oxygen atoms in total. The molecule has 0 atom stereocenters. The van der Waals surface area contributed by atoms with Crippen LogP contribution in [0.5, 0.6) is 5.75 Å². The van der Waals surface area contributed by atoms with Crippen molar-refractivity contribution in [2.45, 2.75) is 6.04 Å². The van der Waals surface area contributed by atoms with Gasteiger partial charge >= 0.3 is 6.03 Å². The molecule has 1 heterocycles. The van der Waals surface area contributed by atoms with E-state index in [1.807, 2.05) is 0 Å². The Hall–Kier alpha value is -4.96. The van der Waals surface area contributed by atoms with Crippen molar-refractivity contribution >= 4 is 29.0 Å². The highest BCUT2D eigenvalue weighted by Gasteiger charge is 2.28. The van der Waals surface area contributed by atoms with Crippen LogP contribution in [0.1, 0.15) is 27.5 Å². The molecular formula is C32H31F2N5O3. The maximum atomic E-state index is 13.7.